The molecule has 194 valence electrons. The number of hydrogen-bond donors (Lipinski definition) is 1. The monoisotopic (exact) mass is 513 g/mol. The molecule has 1 amide bonds. The Morgan fingerprint density at radius 3 is 2.44 bits per heavy atom. The number of amides is 1. The van der Waals surface area contributed by atoms with E-state index in [1.807, 2.05) is 51.4 Å². The molecule has 0 saturated heterocycles. The molecule has 0 radical (unpaired) electrons. The number of nitrogens with zero attached hydrogens (tertiary/aromatic N) is 3. The first-order valence-corrected chi connectivity index (χ1v) is 13.4. The molecule has 8 nitrogen and oxygen atoms in total. The lowest BCUT2D eigenvalue weighted by molar-refractivity contribution is -0.132. The summed E-state index contributed by atoms with van der Waals surface area (Å²) in [7, 11) is 1.43. The predicted molar refractivity (Wildman–Crippen MR) is 139 cm³/mol. The van der Waals surface area contributed by atoms with Gasteiger partial charge in [0.25, 0.3) is 0 Å². The van der Waals surface area contributed by atoms with Gasteiger partial charge in [-0.05, 0) is 51.4 Å². The normalized spacial score (nSPS) is 20.2. The Morgan fingerprint density at radius 1 is 1.14 bits per heavy atom. The Labute approximate surface area is 214 Å². The minimum absolute atomic E-state index is 0.0206. The number of ether oxygens (including phenoxy) is 1. The third-order valence-electron chi connectivity index (χ3n) is 6.12. The maximum absolute atomic E-state index is 13.6. The summed E-state index contributed by atoms with van der Waals surface area (Å²) < 4.78 is 34.8. The van der Waals surface area contributed by atoms with Gasteiger partial charge in [-0.25, -0.2) is 8.42 Å². The topological polar surface area (TPSA) is 90.4 Å². The molecule has 0 aromatic heterocycles. The average molecular weight is 514 g/mol. The fraction of sp³-hybridized carbons (Fsp3) is 0.444. The molecule has 0 aliphatic carbocycles. The summed E-state index contributed by atoms with van der Waals surface area (Å²) in [5, 5.41) is 9.79. The van der Waals surface area contributed by atoms with Crippen molar-refractivity contribution in [3.63, 3.8) is 0 Å². The second-order valence-electron chi connectivity index (χ2n) is 9.53. The van der Waals surface area contributed by atoms with Gasteiger partial charge in [0.2, 0.25) is 15.9 Å². The zero-order chi connectivity index (χ0) is 26.5. The van der Waals surface area contributed by atoms with Crippen molar-refractivity contribution in [3.8, 4) is 17.6 Å². The van der Waals surface area contributed by atoms with Gasteiger partial charge in [-0.2, -0.15) is 4.31 Å². The van der Waals surface area contributed by atoms with E-state index < -0.39 is 22.2 Å². The zero-order valence-corrected chi connectivity index (χ0v) is 22.3. The fourth-order valence-corrected chi connectivity index (χ4v) is 5.78. The molecule has 3 rings (SSSR count). The standard InChI is InChI=1S/C27H35N3O5S/c1-20-16-30(21(2)19-31)36(33,34)26-14-13-23(12-11-22-9-7-6-8-10-22)15-24(26)35-25(20)17-29(5)27(32)18-28(3)4/h6-10,13-15,20-21,25,31H,16-19H2,1-5H3/t20-,21+,25-/m1/s1. The third-order valence-corrected chi connectivity index (χ3v) is 8.14. The van der Waals surface area contributed by atoms with E-state index in [2.05, 4.69) is 11.8 Å². The second kappa shape index (κ2) is 11.9. The molecule has 3 atom stereocenters. The number of aliphatic hydroxyl groups is 1. The summed E-state index contributed by atoms with van der Waals surface area (Å²) in [6.07, 6.45) is -0.471. The Balaban J connectivity index is 2.03. The molecule has 1 N–H and O–H groups in total. The van der Waals surface area contributed by atoms with Crippen molar-refractivity contribution in [1.82, 2.24) is 14.1 Å². The molecule has 0 saturated carbocycles. The molecular weight excluding hydrogens is 478 g/mol. The maximum atomic E-state index is 13.6. The van der Waals surface area contributed by atoms with E-state index in [1.54, 1.807) is 35.9 Å². The first-order valence-electron chi connectivity index (χ1n) is 11.9. The Bertz CT molecular complexity index is 1220. The number of likely N-dealkylation sites (N-methyl/N-ethyl adjacent to an activating group) is 2. The molecule has 36 heavy (non-hydrogen) atoms. The number of rotatable bonds is 6. The third kappa shape index (κ3) is 6.65. The highest BCUT2D eigenvalue weighted by Gasteiger charge is 2.38. The summed E-state index contributed by atoms with van der Waals surface area (Å²) in [6.45, 7) is 3.96. The number of aliphatic hydroxyl groups excluding tert-OH is 1. The number of benzene rings is 2. The lowest BCUT2D eigenvalue weighted by Gasteiger charge is -2.37. The number of sulfonamides is 1. The minimum Gasteiger partial charge on any atom is -0.487 e. The highest BCUT2D eigenvalue weighted by molar-refractivity contribution is 7.89. The zero-order valence-electron chi connectivity index (χ0n) is 21.5. The lowest BCUT2D eigenvalue weighted by atomic mass is 10.0. The van der Waals surface area contributed by atoms with Crippen molar-refractivity contribution in [3.05, 3.63) is 59.7 Å². The Hall–Kier alpha value is -2.90. The van der Waals surface area contributed by atoms with Gasteiger partial charge in [0.15, 0.2) is 0 Å². The molecule has 9 heteroatoms. The van der Waals surface area contributed by atoms with Crippen LogP contribution in [0.15, 0.2) is 53.4 Å². The van der Waals surface area contributed by atoms with Crippen LogP contribution in [0.3, 0.4) is 0 Å². The highest BCUT2D eigenvalue weighted by Crippen LogP contribution is 2.34. The number of carbonyl (C=O) groups excluding carboxylic acids is 1. The highest BCUT2D eigenvalue weighted by atomic mass is 32.2. The van der Waals surface area contributed by atoms with E-state index >= 15 is 0 Å². The summed E-state index contributed by atoms with van der Waals surface area (Å²) in [6, 6.07) is 13.7. The molecule has 0 bridgehead atoms. The van der Waals surface area contributed by atoms with Gasteiger partial charge in [-0.15, -0.1) is 0 Å². The van der Waals surface area contributed by atoms with E-state index in [1.165, 1.54) is 10.4 Å². The van der Waals surface area contributed by atoms with Crippen molar-refractivity contribution in [1.29, 1.82) is 0 Å². The molecular formula is C27H35N3O5S. The SMILES string of the molecule is C[C@@H]1CN([C@@H](C)CO)S(=O)(=O)c2ccc(C#Cc3ccccc3)cc2O[C@@H]1CN(C)C(=O)CN(C)C. The van der Waals surface area contributed by atoms with Crippen LogP contribution in [0, 0.1) is 17.8 Å². The summed E-state index contributed by atoms with van der Waals surface area (Å²) >= 11 is 0. The van der Waals surface area contributed by atoms with Crippen LogP contribution in [0.25, 0.3) is 0 Å². The molecule has 2 aromatic carbocycles. The van der Waals surface area contributed by atoms with E-state index in [-0.39, 0.29) is 48.7 Å². The minimum atomic E-state index is -3.94. The Kier molecular flexibility index (Phi) is 9.14. The van der Waals surface area contributed by atoms with Gasteiger partial charge in [0.1, 0.15) is 16.7 Å². The van der Waals surface area contributed by atoms with Crippen molar-refractivity contribution in [2.24, 2.45) is 5.92 Å². The van der Waals surface area contributed by atoms with Crippen molar-refractivity contribution >= 4 is 15.9 Å². The lowest BCUT2D eigenvalue weighted by Crippen LogP contribution is -2.50. The first-order chi connectivity index (χ1) is 17.0. The molecule has 0 unspecified atom stereocenters. The van der Waals surface area contributed by atoms with Crippen LogP contribution in [0.1, 0.15) is 25.0 Å². The van der Waals surface area contributed by atoms with Gasteiger partial charge in [-0.3, -0.25) is 4.79 Å². The maximum Gasteiger partial charge on any atom is 0.247 e. The fourth-order valence-electron chi connectivity index (χ4n) is 3.95. The predicted octanol–water partition coefficient (Wildman–Crippen LogP) is 1.88. The average Bonchev–Trinajstić information content (AvgIpc) is 2.84. The van der Waals surface area contributed by atoms with E-state index in [9.17, 15) is 18.3 Å². The summed E-state index contributed by atoms with van der Waals surface area (Å²) in [5.74, 6) is 6.03. The molecule has 1 aliphatic heterocycles. The van der Waals surface area contributed by atoms with Crippen molar-refractivity contribution in [2.45, 2.75) is 30.9 Å². The molecule has 0 fully saturated rings. The molecule has 0 spiro atoms. The van der Waals surface area contributed by atoms with E-state index in [0.717, 1.165) is 5.56 Å². The number of fused-ring (bicyclic) bond motifs is 1. The molecule has 1 aliphatic rings. The number of carbonyl (C=O) groups is 1. The van der Waals surface area contributed by atoms with Crippen molar-refractivity contribution in [2.75, 3.05) is 47.4 Å². The largest absolute Gasteiger partial charge is 0.487 e. The van der Waals surface area contributed by atoms with Crippen molar-refractivity contribution < 1.29 is 23.1 Å². The van der Waals surface area contributed by atoms with Crippen LogP contribution in [-0.2, 0) is 14.8 Å². The smallest absolute Gasteiger partial charge is 0.247 e. The number of hydrogen-bond acceptors (Lipinski definition) is 6. The summed E-state index contributed by atoms with van der Waals surface area (Å²) in [5.41, 5.74) is 1.45. The van der Waals surface area contributed by atoms with Gasteiger partial charge in [-0.1, -0.05) is 37.0 Å². The first kappa shape index (κ1) is 27.7. The second-order valence-corrected chi connectivity index (χ2v) is 11.4. The molecule has 2 aromatic rings. The molecule has 1 heterocycles. The van der Waals surface area contributed by atoms with Crippen LogP contribution in [0.2, 0.25) is 0 Å². The van der Waals surface area contributed by atoms with Crippen LogP contribution < -0.4 is 4.74 Å². The van der Waals surface area contributed by atoms with Gasteiger partial charge in [0, 0.05) is 36.7 Å². The summed E-state index contributed by atoms with van der Waals surface area (Å²) in [4.78, 5) is 16.0. The van der Waals surface area contributed by atoms with Crippen LogP contribution >= 0.6 is 0 Å². The van der Waals surface area contributed by atoms with Crippen LogP contribution in [-0.4, -0.2) is 93.1 Å². The van der Waals surface area contributed by atoms with Crippen LogP contribution in [0.4, 0.5) is 0 Å². The van der Waals surface area contributed by atoms with Gasteiger partial charge < -0.3 is 19.6 Å². The van der Waals surface area contributed by atoms with E-state index in [0.29, 0.717) is 5.56 Å². The van der Waals surface area contributed by atoms with Crippen LogP contribution in [0.5, 0.6) is 5.75 Å². The quantitative estimate of drug-likeness (QED) is 0.594. The van der Waals surface area contributed by atoms with E-state index in [4.69, 9.17) is 4.74 Å². The van der Waals surface area contributed by atoms with Gasteiger partial charge in [0.05, 0.1) is 19.7 Å². The van der Waals surface area contributed by atoms with Gasteiger partial charge >= 0.3 is 0 Å². The Morgan fingerprint density at radius 2 is 1.81 bits per heavy atom.